The van der Waals surface area contributed by atoms with E-state index in [2.05, 4.69) is 15.0 Å². The van der Waals surface area contributed by atoms with Crippen LogP contribution in [0.3, 0.4) is 0 Å². The number of hydrogen-bond acceptors (Lipinski definition) is 3. The average molecular weight is 331 g/mol. The quantitative estimate of drug-likeness (QED) is 0.694. The van der Waals surface area contributed by atoms with E-state index in [4.69, 9.17) is 12.2 Å². The summed E-state index contributed by atoms with van der Waals surface area (Å²) in [6.45, 7) is 1.98. The van der Waals surface area contributed by atoms with Crippen molar-refractivity contribution in [1.82, 2.24) is 9.69 Å². The van der Waals surface area contributed by atoms with Crippen LogP contribution in [-0.2, 0) is 0 Å². The predicted molar refractivity (Wildman–Crippen MR) is 93.8 cm³/mol. The van der Waals surface area contributed by atoms with Crippen LogP contribution >= 0.6 is 23.8 Å². The predicted octanol–water partition coefficient (Wildman–Crippen LogP) is 4.48. The van der Waals surface area contributed by atoms with Crippen molar-refractivity contribution < 1.29 is 4.39 Å². The largest absolute Gasteiger partial charge is 0.356 e. The minimum atomic E-state index is -0.241. The van der Waals surface area contributed by atoms with Crippen molar-refractivity contribution in [1.29, 1.82) is 0 Å². The van der Waals surface area contributed by atoms with Crippen LogP contribution in [-0.4, -0.2) is 9.49 Å². The molecule has 0 unspecified atom stereocenters. The minimum absolute atomic E-state index is 0.00727. The van der Waals surface area contributed by atoms with Crippen LogP contribution < -0.4 is 10.6 Å². The first kappa shape index (κ1) is 14.9. The van der Waals surface area contributed by atoms with Crippen molar-refractivity contribution in [3.8, 4) is 0 Å². The maximum absolute atomic E-state index is 12.9. The monoisotopic (exact) mass is 331 g/mol. The van der Waals surface area contributed by atoms with Gasteiger partial charge in [0.2, 0.25) is 0 Å². The lowest BCUT2D eigenvalue weighted by atomic mass is 10.1. The van der Waals surface area contributed by atoms with Gasteiger partial charge in [0.05, 0.1) is 10.7 Å². The second-order valence-corrected chi connectivity index (χ2v) is 6.19. The summed E-state index contributed by atoms with van der Waals surface area (Å²) in [7, 11) is 0. The van der Waals surface area contributed by atoms with Crippen molar-refractivity contribution in [2.24, 2.45) is 0 Å². The lowest BCUT2D eigenvalue weighted by Crippen LogP contribution is -2.30. The molecule has 0 amide bonds. The molecule has 3 aromatic rings. The van der Waals surface area contributed by atoms with E-state index >= 15 is 0 Å². The molecule has 0 saturated carbocycles. The number of hydrogen-bond donors (Lipinski definition) is 2. The Bertz CT molecular complexity index is 799. The molecular weight excluding hydrogens is 317 g/mol. The molecule has 0 fully saturated rings. The molecule has 1 atom stereocenters. The summed E-state index contributed by atoms with van der Waals surface area (Å²) in [4.78, 5) is 0. The molecule has 3 nitrogen and oxygen atoms in total. The molecule has 0 bridgehead atoms. The van der Waals surface area contributed by atoms with Crippen molar-refractivity contribution in [2.75, 3.05) is 5.32 Å². The molecule has 22 heavy (non-hydrogen) atoms. The summed E-state index contributed by atoms with van der Waals surface area (Å²) in [5.74, 6) is -0.241. The van der Waals surface area contributed by atoms with E-state index in [-0.39, 0.29) is 11.9 Å². The van der Waals surface area contributed by atoms with E-state index in [1.165, 1.54) is 23.7 Å². The Hall–Kier alpha value is -2.05. The second-order valence-electron chi connectivity index (χ2n) is 4.95. The van der Waals surface area contributed by atoms with Crippen LogP contribution in [0.5, 0.6) is 0 Å². The Labute approximate surface area is 137 Å². The van der Waals surface area contributed by atoms with Gasteiger partial charge in [0.25, 0.3) is 0 Å². The second kappa shape index (κ2) is 6.37. The number of halogens is 1. The van der Waals surface area contributed by atoms with Gasteiger partial charge in [-0.05, 0) is 66.6 Å². The molecule has 6 heteroatoms. The first-order valence-electron chi connectivity index (χ1n) is 6.79. The third-order valence-corrected chi connectivity index (χ3v) is 4.33. The summed E-state index contributed by atoms with van der Waals surface area (Å²) in [5, 5.41) is 7.96. The standard InChI is InChI=1S/C16H14FN3S2/c1-10(11-2-4-13(17)5-3-11)19-16(21)20-14-6-7-15-12(8-14)9-18-22-15/h2-10H,1H3,(H2,19,20,21)/t10-/m1/s1. The zero-order valence-electron chi connectivity index (χ0n) is 11.8. The Morgan fingerprint density at radius 3 is 2.77 bits per heavy atom. The van der Waals surface area contributed by atoms with Gasteiger partial charge >= 0.3 is 0 Å². The number of aromatic nitrogens is 1. The number of thiocarbonyl (C=S) groups is 1. The molecule has 0 saturated heterocycles. The fourth-order valence-electron chi connectivity index (χ4n) is 2.15. The number of rotatable bonds is 3. The zero-order valence-corrected chi connectivity index (χ0v) is 13.5. The van der Waals surface area contributed by atoms with Gasteiger partial charge < -0.3 is 10.6 Å². The molecule has 0 aliphatic heterocycles. The number of anilines is 1. The highest BCUT2D eigenvalue weighted by atomic mass is 32.1. The molecule has 3 rings (SSSR count). The molecule has 2 N–H and O–H groups in total. The van der Waals surface area contributed by atoms with Gasteiger partial charge in [-0.25, -0.2) is 4.39 Å². The Morgan fingerprint density at radius 2 is 2.00 bits per heavy atom. The van der Waals surface area contributed by atoms with Crippen LogP contribution in [0.25, 0.3) is 10.1 Å². The number of nitrogens with zero attached hydrogens (tertiary/aromatic N) is 1. The molecule has 0 aliphatic carbocycles. The zero-order chi connectivity index (χ0) is 15.5. The van der Waals surface area contributed by atoms with E-state index < -0.39 is 0 Å². The van der Waals surface area contributed by atoms with E-state index in [1.807, 2.05) is 31.3 Å². The molecular formula is C16H14FN3S2. The van der Waals surface area contributed by atoms with Gasteiger partial charge in [0, 0.05) is 17.3 Å². The molecule has 2 aromatic carbocycles. The topological polar surface area (TPSA) is 37.0 Å². The van der Waals surface area contributed by atoms with Crippen LogP contribution in [0.1, 0.15) is 18.5 Å². The van der Waals surface area contributed by atoms with Crippen molar-refractivity contribution in [3.05, 3.63) is 60.0 Å². The summed E-state index contributed by atoms with van der Waals surface area (Å²) in [5.41, 5.74) is 1.89. The molecule has 0 aliphatic rings. The first-order valence-corrected chi connectivity index (χ1v) is 7.97. The van der Waals surface area contributed by atoms with Crippen molar-refractivity contribution in [2.45, 2.75) is 13.0 Å². The molecule has 112 valence electrons. The maximum Gasteiger partial charge on any atom is 0.171 e. The van der Waals surface area contributed by atoms with Crippen molar-refractivity contribution in [3.63, 3.8) is 0 Å². The van der Waals surface area contributed by atoms with E-state index in [0.717, 1.165) is 21.3 Å². The van der Waals surface area contributed by atoms with Gasteiger partial charge in [0.15, 0.2) is 5.11 Å². The van der Waals surface area contributed by atoms with Crippen molar-refractivity contribution >= 4 is 44.6 Å². The van der Waals surface area contributed by atoms with Crippen LogP contribution in [0.2, 0.25) is 0 Å². The average Bonchev–Trinajstić information content (AvgIpc) is 2.95. The fourth-order valence-corrected chi connectivity index (χ4v) is 3.07. The Morgan fingerprint density at radius 1 is 1.23 bits per heavy atom. The minimum Gasteiger partial charge on any atom is -0.356 e. The number of nitrogens with one attached hydrogen (secondary N) is 2. The van der Waals surface area contributed by atoms with Gasteiger partial charge in [0.1, 0.15) is 5.82 Å². The van der Waals surface area contributed by atoms with E-state index in [0.29, 0.717) is 5.11 Å². The van der Waals surface area contributed by atoms with Gasteiger partial charge in [-0.3, -0.25) is 0 Å². The smallest absolute Gasteiger partial charge is 0.171 e. The Kier molecular flexibility index (Phi) is 4.31. The van der Waals surface area contributed by atoms with Gasteiger partial charge in [-0.1, -0.05) is 12.1 Å². The van der Waals surface area contributed by atoms with Crippen LogP contribution in [0.15, 0.2) is 48.7 Å². The SMILES string of the molecule is C[C@@H](NC(=S)Nc1ccc2sncc2c1)c1ccc(F)cc1. The highest BCUT2D eigenvalue weighted by molar-refractivity contribution is 7.80. The maximum atomic E-state index is 12.9. The highest BCUT2D eigenvalue weighted by Gasteiger charge is 2.08. The summed E-state index contributed by atoms with van der Waals surface area (Å²) >= 11 is 6.80. The van der Waals surface area contributed by atoms with E-state index in [9.17, 15) is 4.39 Å². The van der Waals surface area contributed by atoms with Gasteiger partial charge in [-0.15, -0.1) is 0 Å². The molecule has 0 spiro atoms. The third kappa shape index (κ3) is 3.40. The molecule has 1 heterocycles. The van der Waals surface area contributed by atoms with Crippen LogP contribution in [0, 0.1) is 5.82 Å². The highest BCUT2D eigenvalue weighted by Crippen LogP contribution is 2.22. The normalized spacial score (nSPS) is 12.1. The van der Waals surface area contributed by atoms with E-state index in [1.54, 1.807) is 12.1 Å². The lowest BCUT2D eigenvalue weighted by Gasteiger charge is -2.17. The number of benzene rings is 2. The molecule has 1 aromatic heterocycles. The summed E-state index contributed by atoms with van der Waals surface area (Å²) < 4.78 is 18.2. The summed E-state index contributed by atoms with van der Waals surface area (Å²) in [6.07, 6.45) is 1.84. The Balaban J connectivity index is 1.65. The summed E-state index contributed by atoms with van der Waals surface area (Å²) in [6, 6.07) is 12.4. The van der Waals surface area contributed by atoms with Crippen LogP contribution in [0.4, 0.5) is 10.1 Å². The fraction of sp³-hybridized carbons (Fsp3) is 0.125. The number of fused-ring (bicyclic) bond motifs is 1. The van der Waals surface area contributed by atoms with Gasteiger partial charge in [-0.2, -0.15) is 4.37 Å². The third-order valence-electron chi connectivity index (χ3n) is 3.33. The lowest BCUT2D eigenvalue weighted by molar-refractivity contribution is 0.624. The first-order chi connectivity index (χ1) is 10.6. The molecule has 0 radical (unpaired) electrons.